The first kappa shape index (κ1) is 13.9. The molecule has 4 heteroatoms. The molecule has 1 saturated heterocycles. The molecule has 1 aliphatic carbocycles. The summed E-state index contributed by atoms with van der Waals surface area (Å²) in [5, 5.41) is 0.573. The zero-order chi connectivity index (χ0) is 14.0. The second-order valence-corrected chi connectivity index (χ2v) is 6.65. The maximum Gasteiger partial charge on any atom is 0.272 e. The van der Waals surface area contributed by atoms with Crippen molar-refractivity contribution in [3.8, 4) is 0 Å². The summed E-state index contributed by atoms with van der Waals surface area (Å²) in [6.07, 6.45) is 10.7. The summed E-state index contributed by atoms with van der Waals surface area (Å²) in [5.41, 5.74) is 0.994. The molecule has 2 heterocycles. The van der Waals surface area contributed by atoms with E-state index in [4.69, 9.17) is 11.6 Å². The smallest absolute Gasteiger partial charge is 0.272 e. The van der Waals surface area contributed by atoms with Crippen LogP contribution in [0.4, 0.5) is 0 Å². The van der Waals surface area contributed by atoms with Gasteiger partial charge in [0.25, 0.3) is 5.91 Å². The van der Waals surface area contributed by atoms with Crippen molar-refractivity contribution < 1.29 is 4.79 Å². The predicted octanol–water partition coefficient (Wildman–Crippen LogP) is 3.92. The summed E-state index contributed by atoms with van der Waals surface area (Å²) >= 11 is 5.93. The van der Waals surface area contributed by atoms with Crippen molar-refractivity contribution in [3.05, 3.63) is 29.0 Å². The van der Waals surface area contributed by atoms with E-state index in [-0.39, 0.29) is 5.91 Å². The fraction of sp³-hybridized carbons (Fsp3) is 0.625. The largest absolute Gasteiger partial charge is 0.337 e. The van der Waals surface area contributed by atoms with Crippen molar-refractivity contribution in [2.45, 2.75) is 44.9 Å². The molecule has 2 aliphatic rings. The van der Waals surface area contributed by atoms with Crippen LogP contribution in [0.15, 0.2) is 18.3 Å². The molecule has 0 aromatic carbocycles. The number of pyridine rings is 1. The van der Waals surface area contributed by atoms with Gasteiger partial charge in [-0.3, -0.25) is 9.78 Å². The average Bonchev–Trinajstić information content (AvgIpc) is 2.48. The minimum Gasteiger partial charge on any atom is -0.337 e. The number of likely N-dealkylation sites (tertiary alicyclic amines) is 1. The molecule has 0 unspecified atom stereocenters. The van der Waals surface area contributed by atoms with Gasteiger partial charge in [0, 0.05) is 24.3 Å². The Labute approximate surface area is 125 Å². The van der Waals surface area contributed by atoms with E-state index in [1.165, 1.54) is 32.1 Å². The molecule has 0 N–H and O–H groups in total. The van der Waals surface area contributed by atoms with Crippen LogP contribution in [0.5, 0.6) is 0 Å². The van der Waals surface area contributed by atoms with Crippen LogP contribution < -0.4 is 0 Å². The molecule has 1 aromatic heterocycles. The molecule has 1 aromatic rings. The van der Waals surface area contributed by atoms with Gasteiger partial charge in [-0.05, 0) is 43.2 Å². The van der Waals surface area contributed by atoms with E-state index in [1.807, 2.05) is 4.90 Å². The number of carbonyl (C=O) groups excluding carboxylic acids is 1. The van der Waals surface area contributed by atoms with Crippen LogP contribution in [-0.2, 0) is 0 Å². The Bertz CT molecular complexity index is 487. The number of aromatic nitrogens is 1. The van der Waals surface area contributed by atoms with Crippen molar-refractivity contribution >= 4 is 17.5 Å². The normalized spacial score (nSPS) is 21.9. The lowest BCUT2D eigenvalue weighted by Gasteiger charge is -2.44. The third-order valence-electron chi connectivity index (χ3n) is 4.97. The number of hydrogen-bond donors (Lipinski definition) is 0. The van der Waals surface area contributed by atoms with E-state index < -0.39 is 0 Å². The van der Waals surface area contributed by atoms with Crippen LogP contribution in [0.25, 0.3) is 0 Å². The number of rotatable bonds is 1. The summed E-state index contributed by atoms with van der Waals surface area (Å²) < 4.78 is 0. The third-order valence-corrected chi connectivity index (χ3v) is 5.20. The SMILES string of the molecule is O=C(c1cc(Cl)ccn1)N1CCC2(CCCCC2)CC1. The van der Waals surface area contributed by atoms with Crippen LogP contribution in [-0.4, -0.2) is 28.9 Å². The van der Waals surface area contributed by atoms with Gasteiger partial charge in [-0.1, -0.05) is 30.9 Å². The van der Waals surface area contributed by atoms with Crippen molar-refractivity contribution in [3.63, 3.8) is 0 Å². The van der Waals surface area contributed by atoms with Crippen LogP contribution >= 0.6 is 11.6 Å². The van der Waals surface area contributed by atoms with Gasteiger partial charge in [0.15, 0.2) is 0 Å². The summed E-state index contributed by atoms with van der Waals surface area (Å²) in [5.74, 6) is 0.0261. The molecule has 1 spiro atoms. The number of piperidine rings is 1. The van der Waals surface area contributed by atoms with E-state index in [0.29, 0.717) is 16.1 Å². The Kier molecular flexibility index (Phi) is 3.97. The Morgan fingerprint density at radius 3 is 2.50 bits per heavy atom. The molecule has 1 amide bonds. The lowest BCUT2D eigenvalue weighted by molar-refractivity contribution is 0.0467. The number of halogens is 1. The summed E-state index contributed by atoms with van der Waals surface area (Å²) in [6.45, 7) is 1.74. The molecule has 3 nitrogen and oxygen atoms in total. The predicted molar refractivity (Wildman–Crippen MR) is 79.9 cm³/mol. The highest BCUT2D eigenvalue weighted by Gasteiger charge is 2.36. The topological polar surface area (TPSA) is 33.2 Å². The molecule has 0 bridgehead atoms. The Morgan fingerprint density at radius 1 is 1.15 bits per heavy atom. The van der Waals surface area contributed by atoms with Crippen LogP contribution in [0.3, 0.4) is 0 Å². The number of hydrogen-bond acceptors (Lipinski definition) is 2. The zero-order valence-corrected chi connectivity index (χ0v) is 12.5. The van der Waals surface area contributed by atoms with Crippen LogP contribution in [0, 0.1) is 5.41 Å². The Morgan fingerprint density at radius 2 is 1.85 bits per heavy atom. The summed E-state index contributed by atoms with van der Waals surface area (Å²) in [7, 11) is 0. The Hall–Kier alpha value is -1.09. The van der Waals surface area contributed by atoms with Gasteiger partial charge in [0.1, 0.15) is 5.69 Å². The highest BCUT2D eigenvalue weighted by Crippen LogP contribution is 2.44. The minimum absolute atomic E-state index is 0.0261. The average molecular weight is 293 g/mol. The van der Waals surface area contributed by atoms with Crippen LogP contribution in [0.2, 0.25) is 5.02 Å². The lowest BCUT2D eigenvalue weighted by Crippen LogP contribution is -2.44. The molecule has 0 radical (unpaired) electrons. The highest BCUT2D eigenvalue weighted by atomic mass is 35.5. The Balaban J connectivity index is 1.64. The summed E-state index contributed by atoms with van der Waals surface area (Å²) in [4.78, 5) is 18.5. The first-order valence-electron chi connectivity index (χ1n) is 7.59. The van der Waals surface area contributed by atoms with E-state index in [2.05, 4.69) is 4.98 Å². The number of carbonyl (C=O) groups is 1. The minimum atomic E-state index is 0.0261. The van der Waals surface area contributed by atoms with E-state index in [9.17, 15) is 4.79 Å². The summed E-state index contributed by atoms with van der Waals surface area (Å²) in [6, 6.07) is 3.36. The standard InChI is InChI=1S/C16H21ClN2O/c17-13-4-9-18-14(12-13)15(20)19-10-7-16(8-11-19)5-2-1-3-6-16/h4,9,12H,1-3,5-8,10-11H2. The quantitative estimate of drug-likeness (QED) is 0.786. The molecule has 1 aliphatic heterocycles. The van der Waals surface area contributed by atoms with Crippen molar-refractivity contribution in [1.29, 1.82) is 0 Å². The molecule has 20 heavy (non-hydrogen) atoms. The molecular weight excluding hydrogens is 272 g/mol. The van der Waals surface area contributed by atoms with E-state index in [0.717, 1.165) is 25.9 Å². The monoisotopic (exact) mass is 292 g/mol. The molecule has 0 atom stereocenters. The zero-order valence-electron chi connectivity index (χ0n) is 11.8. The van der Waals surface area contributed by atoms with E-state index >= 15 is 0 Å². The lowest BCUT2D eigenvalue weighted by atomic mass is 9.68. The van der Waals surface area contributed by atoms with Gasteiger partial charge >= 0.3 is 0 Å². The number of nitrogens with zero attached hydrogens (tertiary/aromatic N) is 2. The van der Waals surface area contributed by atoms with Gasteiger partial charge in [0.05, 0.1) is 0 Å². The van der Waals surface area contributed by atoms with Crippen molar-refractivity contribution in [2.24, 2.45) is 5.41 Å². The molecule has 3 rings (SSSR count). The fourth-order valence-electron chi connectivity index (χ4n) is 3.67. The molecular formula is C16H21ClN2O. The van der Waals surface area contributed by atoms with Gasteiger partial charge in [-0.2, -0.15) is 0 Å². The van der Waals surface area contributed by atoms with Crippen molar-refractivity contribution in [2.75, 3.05) is 13.1 Å². The number of amides is 1. The van der Waals surface area contributed by atoms with Crippen molar-refractivity contribution in [1.82, 2.24) is 9.88 Å². The van der Waals surface area contributed by atoms with Crippen LogP contribution in [0.1, 0.15) is 55.4 Å². The maximum atomic E-state index is 12.4. The first-order valence-corrected chi connectivity index (χ1v) is 7.97. The van der Waals surface area contributed by atoms with Gasteiger partial charge in [-0.25, -0.2) is 0 Å². The van der Waals surface area contributed by atoms with Gasteiger partial charge < -0.3 is 4.90 Å². The fourth-order valence-corrected chi connectivity index (χ4v) is 3.83. The molecule has 108 valence electrons. The second kappa shape index (κ2) is 5.72. The maximum absolute atomic E-state index is 12.4. The molecule has 2 fully saturated rings. The van der Waals surface area contributed by atoms with Gasteiger partial charge in [-0.15, -0.1) is 0 Å². The van der Waals surface area contributed by atoms with Gasteiger partial charge in [0.2, 0.25) is 0 Å². The highest BCUT2D eigenvalue weighted by molar-refractivity contribution is 6.30. The van der Waals surface area contributed by atoms with E-state index in [1.54, 1.807) is 18.3 Å². The molecule has 1 saturated carbocycles. The second-order valence-electron chi connectivity index (χ2n) is 6.21. The first-order chi connectivity index (χ1) is 9.69. The third kappa shape index (κ3) is 2.83.